The number of rotatable bonds is 6. The van der Waals surface area contributed by atoms with E-state index in [1.807, 2.05) is 34.9 Å². The Morgan fingerprint density at radius 3 is 2.69 bits per heavy atom. The second kappa shape index (κ2) is 9.64. The van der Waals surface area contributed by atoms with Crippen LogP contribution in [0.5, 0.6) is 5.75 Å². The zero-order chi connectivity index (χ0) is 22.5. The Labute approximate surface area is 187 Å². The third-order valence-electron chi connectivity index (χ3n) is 5.52. The smallest absolute Gasteiger partial charge is 0.187 e. The monoisotopic (exact) mass is 431 g/mol. The van der Waals surface area contributed by atoms with Gasteiger partial charge in [-0.15, -0.1) is 0 Å². The average molecular weight is 432 g/mol. The lowest BCUT2D eigenvalue weighted by Gasteiger charge is -2.14. The predicted molar refractivity (Wildman–Crippen MR) is 123 cm³/mol. The Morgan fingerprint density at radius 1 is 1.16 bits per heavy atom. The van der Waals surface area contributed by atoms with Crippen LogP contribution in [0, 0.1) is 12.7 Å². The van der Waals surface area contributed by atoms with Crippen LogP contribution >= 0.6 is 0 Å². The van der Waals surface area contributed by atoms with Gasteiger partial charge in [-0.3, -0.25) is 4.79 Å². The first-order chi connectivity index (χ1) is 15.5. The van der Waals surface area contributed by atoms with Crippen LogP contribution in [0.4, 0.5) is 4.39 Å². The average Bonchev–Trinajstić information content (AvgIpc) is 3.10. The van der Waals surface area contributed by atoms with Gasteiger partial charge < -0.3 is 14.2 Å². The molecule has 3 aromatic rings. The van der Waals surface area contributed by atoms with Crippen LogP contribution in [-0.2, 0) is 0 Å². The standard InChI is InChI=1S/C26H26FN3O2/c1-19-16-30(18-28-19)24-11-8-21(15-26(24)32-2)25(31)12-14-29-13-4-3-5-22(17-29)20-6-9-23(27)10-7-20/h6-12,14-18H,3-5,13H2,1-2H3/b14-12+. The lowest BCUT2D eigenvalue weighted by atomic mass is 10.0. The number of aromatic nitrogens is 2. The van der Waals surface area contributed by atoms with Crippen LogP contribution < -0.4 is 4.74 Å². The van der Waals surface area contributed by atoms with Crippen molar-refractivity contribution in [3.8, 4) is 11.4 Å². The van der Waals surface area contributed by atoms with E-state index in [0.717, 1.165) is 48.3 Å². The predicted octanol–water partition coefficient (Wildman–Crippen LogP) is 5.55. The second-order valence-corrected chi connectivity index (χ2v) is 7.85. The zero-order valence-electron chi connectivity index (χ0n) is 18.3. The van der Waals surface area contributed by atoms with Crippen molar-refractivity contribution in [1.82, 2.24) is 14.5 Å². The molecule has 0 fully saturated rings. The normalized spacial score (nSPS) is 14.3. The van der Waals surface area contributed by atoms with Gasteiger partial charge in [0.25, 0.3) is 0 Å². The molecule has 2 aromatic carbocycles. The molecule has 6 heteroatoms. The van der Waals surface area contributed by atoms with Gasteiger partial charge in [-0.2, -0.15) is 0 Å². The highest BCUT2D eigenvalue weighted by Crippen LogP contribution is 2.26. The number of benzene rings is 2. The molecule has 5 nitrogen and oxygen atoms in total. The van der Waals surface area contributed by atoms with Crippen molar-refractivity contribution in [2.24, 2.45) is 0 Å². The maximum atomic E-state index is 13.3. The molecule has 164 valence electrons. The van der Waals surface area contributed by atoms with Crippen LogP contribution in [0.3, 0.4) is 0 Å². The third-order valence-corrected chi connectivity index (χ3v) is 5.52. The van der Waals surface area contributed by atoms with Crippen molar-refractivity contribution in [1.29, 1.82) is 0 Å². The quantitative estimate of drug-likeness (QED) is 0.379. The lowest BCUT2D eigenvalue weighted by Crippen LogP contribution is -2.11. The van der Waals surface area contributed by atoms with Gasteiger partial charge in [-0.1, -0.05) is 12.1 Å². The fourth-order valence-electron chi connectivity index (χ4n) is 3.80. The van der Waals surface area contributed by atoms with E-state index in [0.29, 0.717) is 11.3 Å². The summed E-state index contributed by atoms with van der Waals surface area (Å²) < 4.78 is 20.6. The van der Waals surface area contributed by atoms with Crippen LogP contribution in [0.15, 0.2) is 73.5 Å². The lowest BCUT2D eigenvalue weighted by molar-refractivity contribution is 0.104. The molecule has 0 N–H and O–H groups in total. The van der Waals surface area contributed by atoms with Crippen molar-refractivity contribution in [3.05, 3.63) is 96.1 Å². The van der Waals surface area contributed by atoms with E-state index in [-0.39, 0.29) is 11.6 Å². The molecular weight excluding hydrogens is 405 g/mol. The molecule has 0 bridgehead atoms. The molecule has 4 rings (SSSR count). The molecule has 0 radical (unpaired) electrons. The number of nitrogens with zero attached hydrogens (tertiary/aromatic N) is 3. The number of ketones is 1. The number of hydrogen-bond acceptors (Lipinski definition) is 4. The van der Waals surface area contributed by atoms with Crippen LogP contribution in [0.1, 0.15) is 40.9 Å². The molecule has 0 spiro atoms. The van der Waals surface area contributed by atoms with Crippen LogP contribution in [0.25, 0.3) is 11.3 Å². The Bertz CT molecular complexity index is 1160. The fourth-order valence-corrected chi connectivity index (χ4v) is 3.80. The van der Waals surface area contributed by atoms with Crippen molar-refractivity contribution in [3.63, 3.8) is 0 Å². The van der Waals surface area contributed by atoms with E-state index in [1.54, 1.807) is 43.8 Å². The molecule has 0 amide bonds. The molecule has 0 atom stereocenters. The molecular formula is C26H26FN3O2. The highest BCUT2D eigenvalue weighted by molar-refractivity contribution is 6.05. The van der Waals surface area contributed by atoms with Gasteiger partial charge in [0, 0.05) is 36.8 Å². The van der Waals surface area contributed by atoms with Gasteiger partial charge in [0.05, 0.1) is 24.8 Å². The third kappa shape index (κ3) is 4.97. The van der Waals surface area contributed by atoms with Gasteiger partial charge in [0.15, 0.2) is 5.78 Å². The number of imidazole rings is 1. The fraction of sp³-hybridized carbons (Fsp3) is 0.231. The van der Waals surface area contributed by atoms with Crippen molar-refractivity contribution < 1.29 is 13.9 Å². The van der Waals surface area contributed by atoms with Gasteiger partial charge in [0.2, 0.25) is 0 Å². The minimum Gasteiger partial charge on any atom is -0.495 e. The topological polar surface area (TPSA) is 47.4 Å². The van der Waals surface area contributed by atoms with Crippen molar-refractivity contribution in [2.45, 2.75) is 26.2 Å². The highest BCUT2D eigenvalue weighted by atomic mass is 19.1. The van der Waals surface area contributed by atoms with Gasteiger partial charge >= 0.3 is 0 Å². The number of carbonyl (C=O) groups is 1. The van der Waals surface area contributed by atoms with Crippen molar-refractivity contribution >= 4 is 11.4 Å². The molecule has 0 aliphatic carbocycles. The number of methoxy groups -OCH3 is 1. The Kier molecular flexibility index (Phi) is 6.50. The van der Waals surface area contributed by atoms with E-state index in [4.69, 9.17) is 4.74 Å². The first-order valence-corrected chi connectivity index (χ1v) is 10.7. The summed E-state index contributed by atoms with van der Waals surface area (Å²) in [7, 11) is 1.59. The van der Waals surface area contributed by atoms with Gasteiger partial charge in [-0.05, 0) is 67.7 Å². The molecule has 0 saturated carbocycles. The summed E-state index contributed by atoms with van der Waals surface area (Å²) in [4.78, 5) is 19.1. The molecule has 1 aromatic heterocycles. The summed E-state index contributed by atoms with van der Waals surface area (Å²) in [6.07, 6.45) is 12.1. The summed E-state index contributed by atoms with van der Waals surface area (Å²) in [5, 5.41) is 0. The van der Waals surface area contributed by atoms with E-state index >= 15 is 0 Å². The summed E-state index contributed by atoms with van der Waals surface area (Å²) in [6, 6.07) is 12.0. The minimum absolute atomic E-state index is 0.0994. The molecule has 32 heavy (non-hydrogen) atoms. The molecule has 2 heterocycles. The second-order valence-electron chi connectivity index (χ2n) is 7.85. The summed E-state index contributed by atoms with van der Waals surface area (Å²) in [6.45, 7) is 2.75. The summed E-state index contributed by atoms with van der Waals surface area (Å²) >= 11 is 0. The zero-order valence-corrected chi connectivity index (χ0v) is 18.3. The number of carbonyl (C=O) groups excluding carboxylic acids is 1. The number of allylic oxidation sites excluding steroid dienone is 2. The summed E-state index contributed by atoms with van der Waals surface area (Å²) in [5.74, 6) is 0.266. The molecule has 0 saturated heterocycles. The highest BCUT2D eigenvalue weighted by Gasteiger charge is 2.12. The molecule has 0 unspecified atom stereocenters. The first kappa shape index (κ1) is 21.6. The largest absolute Gasteiger partial charge is 0.495 e. The Morgan fingerprint density at radius 2 is 1.97 bits per heavy atom. The maximum Gasteiger partial charge on any atom is 0.187 e. The van der Waals surface area contributed by atoms with E-state index in [2.05, 4.69) is 11.2 Å². The minimum atomic E-state index is -0.241. The van der Waals surface area contributed by atoms with E-state index in [1.165, 1.54) is 12.1 Å². The number of halogens is 1. The first-order valence-electron chi connectivity index (χ1n) is 10.7. The Balaban J connectivity index is 1.53. The Hall–Kier alpha value is -3.67. The van der Waals surface area contributed by atoms with Crippen LogP contribution in [-0.4, -0.2) is 33.9 Å². The molecule has 1 aliphatic heterocycles. The number of ether oxygens (including phenoxy) is 1. The summed E-state index contributed by atoms with van der Waals surface area (Å²) in [5.41, 5.74) is 4.43. The van der Waals surface area contributed by atoms with Crippen LogP contribution in [0.2, 0.25) is 0 Å². The van der Waals surface area contributed by atoms with E-state index in [9.17, 15) is 9.18 Å². The maximum absolute atomic E-state index is 13.3. The SMILES string of the molecule is COc1cc(C(=O)/C=C/N2C=C(c3ccc(F)cc3)CCCC2)ccc1-n1cnc(C)c1. The van der Waals surface area contributed by atoms with Gasteiger partial charge in [0.1, 0.15) is 11.6 Å². The number of hydrogen-bond donors (Lipinski definition) is 0. The number of aryl methyl sites for hydroxylation is 1. The molecule has 1 aliphatic rings. The van der Waals surface area contributed by atoms with Gasteiger partial charge in [-0.25, -0.2) is 9.37 Å². The van der Waals surface area contributed by atoms with Crippen molar-refractivity contribution in [2.75, 3.05) is 13.7 Å². The van der Waals surface area contributed by atoms with E-state index < -0.39 is 0 Å².